The number of para-hydroxylation sites is 1. The molecule has 0 spiro atoms. The van der Waals surface area contributed by atoms with Crippen LogP contribution in [0, 0.1) is 0 Å². The van der Waals surface area contributed by atoms with Crippen molar-refractivity contribution in [2.24, 2.45) is 0 Å². The average molecular weight is 435 g/mol. The highest BCUT2D eigenvalue weighted by Gasteiger charge is 2.31. The number of anilines is 1. The van der Waals surface area contributed by atoms with Crippen molar-refractivity contribution < 1.29 is 14.3 Å². The lowest BCUT2D eigenvalue weighted by Gasteiger charge is -2.24. The molecular weight excluding hydrogens is 412 g/mol. The summed E-state index contributed by atoms with van der Waals surface area (Å²) in [6, 6.07) is 13.8. The summed E-state index contributed by atoms with van der Waals surface area (Å²) in [4.78, 5) is 17.3. The largest absolute Gasteiger partial charge is 0.493 e. The maximum absolute atomic E-state index is 12.6. The molecule has 0 unspecified atom stereocenters. The van der Waals surface area contributed by atoms with Crippen LogP contribution in [0.5, 0.6) is 11.5 Å². The third-order valence-corrected chi connectivity index (χ3v) is 6.35. The molecule has 0 aliphatic carbocycles. The summed E-state index contributed by atoms with van der Waals surface area (Å²) >= 11 is 1.54. The van der Waals surface area contributed by atoms with E-state index in [1.54, 1.807) is 23.1 Å². The molecule has 8 heteroatoms. The summed E-state index contributed by atoms with van der Waals surface area (Å²) < 4.78 is 14.1. The number of thiazole rings is 1. The second kappa shape index (κ2) is 8.03. The lowest BCUT2D eigenvalue weighted by atomic mass is 9.87. The van der Waals surface area contributed by atoms with Crippen LogP contribution in [-0.4, -0.2) is 34.4 Å². The fourth-order valence-corrected chi connectivity index (χ4v) is 4.78. The summed E-state index contributed by atoms with van der Waals surface area (Å²) in [5.74, 6) is 1.87. The molecule has 1 aliphatic heterocycles. The Morgan fingerprint density at radius 1 is 1.23 bits per heavy atom. The van der Waals surface area contributed by atoms with Crippen LogP contribution in [0.25, 0.3) is 15.3 Å². The minimum absolute atomic E-state index is 0.0503. The predicted octanol–water partition coefficient (Wildman–Crippen LogP) is 4.75. The van der Waals surface area contributed by atoms with E-state index >= 15 is 0 Å². The molecule has 0 radical (unpaired) electrons. The molecule has 1 amide bonds. The summed E-state index contributed by atoms with van der Waals surface area (Å²) in [5.41, 5.74) is 2.86. The van der Waals surface area contributed by atoms with Crippen LogP contribution in [0.15, 0.2) is 48.7 Å². The number of ether oxygens (including phenoxy) is 2. The number of hydrogen-bond acceptors (Lipinski definition) is 6. The molecule has 0 saturated carbocycles. The zero-order valence-corrected chi connectivity index (χ0v) is 18.1. The minimum atomic E-state index is -0.124. The molecule has 2 aromatic heterocycles. The molecule has 4 aromatic rings. The Kier molecular flexibility index (Phi) is 5.07. The summed E-state index contributed by atoms with van der Waals surface area (Å²) in [7, 11) is 1.63. The molecule has 7 nitrogen and oxygen atoms in total. The van der Waals surface area contributed by atoms with Crippen LogP contribution in [0.1, 0.15) is 36.8 Å². The van der Waals surface area contributed by atoms with Gasteiger partial charge >= 0.3 is 0 Å². The average Bonchev–Trinajstić information content (AvgIpc) is 3.40. The number of methoxy groups -OCH3 is 1. The highest BCUT2D eigenvalue weighted by Crippen LogP contribution is 2.41. The van der Waals surface area contributed by atoms with Crippen LogP contribution in [0.4, 0.5) is 5.82 Å². The monoisotopic (exact) mass is 434 g/mol. The Bertz CT molecular complexity index is 1230. The smallest absolute Gasteiger partial charge is 0.226 e. The van der Waals surface area contributed by atoms with Gasteiger partial charge in [0.1, 0.15) is 5.82 Å². The topological polar surface area (TPSA) is 78.3 Å². The molecule has 158 valence electrons. The predicted molar refractivity (Wildman–Crippen MR) is 121 cm³/mol. The number of amides is 1. The molecule has 0 bridgehead atoms. The van der Waals surface area contributed by atoms with Crippen molar-refractivity contribution in [2.45, 2.75) is 25.7 Å². The van der Waals surface area contributed by atoms with E-state index in [-0.39, 0.29) is 11.8 Å². The second-order valence-electron chi connectivity index (χ2n) is 7.39. The van der Waals surface area contributed by atoms with E-state index in [0.29, 0.717) is 30.3 Å². The summed E-state index contributed by atoms with van der Waals surface area (Å²) in [6.45, 7) is 2.69. The van der Waals surface area contributed by atoms with Gasteiger partial charge in [-0.3, -0.25) is 4.79 Å². The maximum atomic E-state index is 12.6. The van der Waals surface area contributed by atoms with Gasteiger partial charge in [-0.25, -0.2) is 4.98 Å². The molecule has 5 rings (SSSR count). The number of nitrogens with zero attached hydrogens (tertiary/aromatic N) is 3. The standard InChI is InChI=1S/C23H22N4O3S/c1-3-10-30-18-9-8-14(11-19(18)29-2)15-12-21(28)26-22-16(15)13-24-27(22)23-25-17-6-4-5-7-20(17)31-23/h4-9,11,13,15H,3,10,12H2,1-2H3,(H,26,28)/t15-/m1/s1. The fraction of sp³-hybridized carbons (Fsp3) is 0.261. The zero-order chi connectivity index (χ0) is 21.4. The Morgan fingerprint density at radius 2 is 2.10 bits per heavy atom. The summed E-state index contributed by atoms with van der Waals surface area (Å²) in [5, 5.41) is 8.29. The third-order valence-electron chi connectivity index (χ3n) is 5.34. The number of rotatable bonds is 6. The van der Waals surface area contributed by atoms with Crippen LogP contribution in [0.2, 0.25) is 0 Å². The molecular formula is C23H22N4O3S. The number of carbonyl (C=O) groups is 1. The van der Waals surface area contributed by atoms with Gasteiger partial charge in [-0.1, -0.05) is 36.5 Å². The van der Waals surface area contributed by atoms with Gasteiger partial charge < -0.3 is 14.8 Å². The maximum Gasteiger partial charge on any atom is 0.226 e. The van der Waals surface area contributed by atoms with Crippen molar-refractivity contribution in [3.63, 3.8) is 0 Å². The molecule has 1 atom stereocenters. The number of carbonyl (C=O) groups excluding carboxylic acids is 1. The van der Waals surface area contributed by atoms with Gasteiger partial charge in [0.15, 0.2) is 11.5 Å². The fourth-order valence-electron chi connectivity index (χ4n) is 3.84. The molecule has 31 heavy (non-hydrogen) atoms. The lowest BCUT2D eigenvalue weighted by molar-refractivity contribution is -0.116. The Hall–Kier alpha value is -3.39. The van der Waals surface area contributed by atoms with Gasteiger partial charge in [0, 0.05) is 17.9 Å². The number of benzene rings is 2. The Labute approximate surface area is 183 Å². The van der Waals surface area contributed by atoms with Crippen molar-refractivity contribution in [3.8, 4) is 16.6 Å². The quantitative estimate of drug-likeness (QED) is 0.474. The van der Waals surface area contributed by atoms with Crippen molar-refractivity contribution in [1.82, 2.24) is 14.8 Å². The van der Waals surface area contributed by atoms with Crippen LogP contribution in [-0.2, 0) is 4.79 Å². The first-order chi connectivity index (χ1) is 15.2. The first-order valence-corrected chi connectivity index (χ1v) is 11.0. The molecule has 0 saturated heterocycles. The van der Waals surface area contributed by atoms with Crippen molar-refractivity contribution in [2.75, 3.05) is 19.0 Å². The van der Waals surface area contributed by atoms with Gasteiger partial charge in [-0.05, 0) is 36.2 Å². The SMILES string of the molecule is CCCOc1ccc([C@H]2CC(=O)Nc3c2cnn3-c2nc3ccccc3s2)cc1OC. The van der Waals surface area contributed by atoms with E-state index in [9.17, 15) is 4.79 Å². The van der Waals surface area contributed by atoms with Gasteiger partial charge in [0.25, 0.3) is 0 Å². The Morgan fingerprint density at radius 3 is 2.90 bits per heavy atom. The highest BCUT2D eigenvalue weighted by molar-refractivity contribution is 7.20. The molecule has 3 heterocycles. The van der Waals surface area contributed by atoms with E-state index in [4.69, 9.17) is 9.47 Å². The molecule has 0 fully saturated rings. The second-order valence-corrected chi connectivity index (χ2v) is 8.40. The normalized spacial score (nSPS) is 15.5. The van der Waals surface area contributed by atoms with Crippen molar-refractivity contribution >= 4 is 33.3 Å². The van der Waals surface area contributed by atoms with Crippen molar-refractivity contribution in [1.29, 1.82) is 0 Å². The van der Waals surface area contributed by atoms with Crippen molar-refractivity contribution in [3.05, 3.63) is 59.8 Å². The van der Waals surface area contributed by atoms with Crippen LogP contribution < -0.4 is 14.8 Å². The van der Waals surface area contributed by atoms with E-state index in [1.807, 2.05) is 48.7 Å². The van der Waals surface area contributed by atoms with E-state index in [2.05, 4.69) is 22.3 Å². The van der Waals surface area contributed by atoms with E-state index < -0.39 is 0 Å². The number of nitrogens with one attached hydrogen (secondary N) is 1. The van der Waals surface area contributed by atoms with Gasteiger partial charge in [0.2, 0.25) is 11.0 Å². The van der Waals surface area contributed by atoms with Gasteiger partial charge in [-0.15, -0.1) is 0 Å². The van der Waals surface area contributed by atoms with Gasteiger partial charge in [-0.2, -0.15) is 9.78 Å². The Balaban J connectivity index is 1.54. The molecule has 1 aliphatic rings. The lowest BCUT2D eigenvalue weighted by Crippen LogP contribution is -2.24. The number of hydrogen-bond donors (Lipinski definition) is 1. The first-order valence-electron chi connectivity index (χ1n) is 10.2. The molecule has 2 aromatic carbocycles. The number of aromatic nitrogens is 3. The van der Waals surface area contributed by atoms with E-state index in [0.717, 1.165) is 32.9 Å². The molecule has 1 N–H and O–H groups in total. The van der Waals surface area contributed by atoms with Gasteiger partial charge in [0.05, 0.1) is 30.1 Å². The zero-order valence-electron chi connectivity index (χ0n) is 17.3. The number of fused-ring (bicyclic) bond motifs is 2. The minimum Gasteiger partial charge on any atom is -0.493 e. The highest BCUT2D eigenvalue weighted by atomic mass is 32.1. The van der Waals surface area contributed by atoms with Crippen LogP contribution in [0.3, 0.4) is 0 Å². The first kappa shape index (κ1) is 19.6. The third kappa shape index (κ3) is 3.53. The van der Waals surface area contributed by atoms with E-state index in [1.165, 1.54) is 0 Å². The summed E-state index contributed by atoms with van der Waals surface area (Å²) in [6.07, 6.45) is 3.08. The van der Waals surface area contributed by atoms with Crippen LogP contribution >= 0.6 is 11.3 Å².